The first kappa shape index (κ1) is 9.64. The fourth-order valence-electron chi connectivity index (χ4n) is 1.29. The summed E-state index contributed by atoms with van der Waals surface area (Å²) in [6.07, 6.45) is 0. The molecule has 2 heterocycles. The Labute approximate surface area is 89.2 Å². The van der Waals surface area contributed by atoms with Crippen molar-refractivity contribution in [1.82, 2.24) is 5.32 Å². The van der Waals surface area contributed by atoms with Crippen LogP contribution in [0.25, 0.3) is 0 Å². The summed E-state index contributed by atoms with van der Waals surface area (Å²) >= 11 is 4.78. The lowest BCUT2D eigenvalue weighted by molar-refractivity contribution is 0.595. The van der Waals surface area contributed by atoms with E-state index < -0.39 is 9.84 Å². The highest BCUT2D eigenvalue weighted by Crippen LogP contribution is 2.31. The number of hydrogen-bond donors (Lipinski definition) is 1. The minimum Gasteiger partial charge on any atom is -0.311 e. The minimum absolute atomic E-state index is 0.198. The average molecular weight is 282 g/mol. The van der Waals surface area contributed by atoms with Gasteiger partial charge in [-0.25, -0.2) is 8.42 Å². The highest BCUT2D eigenvalue weighted by molar-refractivity contribution is 9.11. The molecule has 2 rings (SSSR count). The first-order valence-corrected chi connectivity index (χ1v) is 7.07. The number of halogens is 1. The first-order chi connectivity index (χ1) is 6.09. The molecule has 0 atom stereocenters. The van der Waals surface area contributed by atoms with Gasteiger partial charge in [-0.2, -0.15) is 0 Å². The molecule has 0 unspecified atom stereocenters. The van der Waals surface area contributed by atoms with Gasteiger partial charge in [-0.3, -0.25) is 0 Å². The molecule has 0 fully saturated rings. The van der Waals surface area contributed by atoms with Gasteiger partial charge in [0.15, 0.2) is 9.84 Å². The predicted octanol–water partition coefficient (Wildman–Crippen LogP) is 1.39. The predicted molar refractivity (Wildman–Crippen MR) is 55.8 cm³/mol. The number of fused-ring (bicyclic) bond motifs is 1. The van der Waals surface area contributed by atoms with Crippen LogP contribution in [-0.2, 0) is 16.4 Å². The maximum absolute atomic E-state index is 11.7. The summed E-state index contributed by atoms with van der Waals surface area (Å²) in [5.74, 6) is 0.198. The van der Waals surface area contributed by atoms with E-state index in [1.165, 1.54) is 11.3 Å². The van der Waals surface area contributed by atoms with Gasteiger partial charge < -0.3 is 5.32 Å². The van der Waals surface area contributed by atoms with Gasteiger partial charge in [-0.05, 0) is 22.0 Å². The SMILES string of the molecule is O=S1(=O)CCNCc2sc(Br)cc21. The lowest BCUT2D eigenvalue weighted by Gasteiger charge is -1.96. The summed E-state index contributed by atoms with van der Waals surface area (Å²) in [6, 6.07) is 1.70. The number of hydrogen-bond acceptors (Lipinski definition) is 4. The summed E-state index contributed by atoms with van der Waals surface area (Å²) in [5.41, 5.74) is 0. The van der Waals surface area contributed by atoms with E-state index in [2.05, 4.69) is 21.2 Å². The molecule has 0 amide bonds. The molecule has 13 heavy (non-hydrogen) atoms. The van der Waals surface area contributed by atoms with Gasteiger partial charge >= 0.3 is 0 Å². The lowest BCUT2D eigenvalue weighted by atomic mass is 10.4. The highest BCUT2D eigenvalue weighted by Gasteiger charge is 2.23. The van der Waals surface area contributed by atoms with Crippen molar-refractivity contribution in [2.75, 3.05) is 12.3 Å². The maximum atomic E-state index is 11.7. The van der Waals surface area contributed by atoms with Crippen LogP contribution in [0.2, 0.25) is 0 Å². The number of rotatable bonds is 0. The normalized spacial score (nSPS) is 20.7. The van der Waals surface area contributed by atoms with E-state index in [9.17, 15) is 8.42 Å². The van der Waals surface area contributed by atoms with Gasteiger partial charge in [0.05, 0.1) is 14.4 Å². The van der Waals surface area contributed by atoms with E-state index in [0.29, 0.717) is 18.0 Å². The molecule has 3 nitrogen and oxygen atoms in total. The molecule has 0 saturated heterocycles. The molecule has 1 aromatic heterocycles. The van der Waals surface area contributed by atoms with Crippen LogP contribution in [0.4, 0.5) is 0 Å². The van der Waals surface area contributed by atoms with Crippen molar-refractivity contribution in [3.8, 4) is 0 Å². The highest BCUT2D eigenvalue weighted by atomic mass is 79.9. The molecule has 0 bridgehead atoms. The molecule has 1 aliphatic rings. The first-order valence-electron chi connectivity index (χ1n) is 3.81. The fourth-order valence-corrected chi connectivity index (χ4v) is 4.93. The molecular weight excluding hydrogens is 274 g/mol. The Balaban J connectivity index is 2.60. The number of sulfone groups is 1. The quantitative estimate of drug-likeness (QED) is 0.782. The Morgan fingerprint density at radius 1 is 1.54 bits per heavy atom. The Morgan fingerprint density at radius 2 is 2.31 bits per heavy atom. The van der Waals surface area contributed by atoms with E-state index in [1.54, 1.807) is 6.07 Å². The van der Waals surface area contributed by atoms with E-state index in [4.69, 9.17) is 0 Å². The van der Waals surface area contributed by atoms with Crippen LogP contribution >= 0.6 is 27.3 Å². The summed E-state index contributed by atoms with van der Waals surface area (Å²) in [7, 11) is -3.04. The van der Waals surface area contributed by atoms with E-state index in [-0.39, 0.29) is 5.75 Å². The maximum Gasteiger partial charge on any atom is 0.180 e. The molecule has 0 aliphatic carbocycles. The van der Waals surface area contributed by atoms with Crippen molar-refractivity contribution in [1.29, 1.82) is 0 Å². The van der Waals surface area contributed by atoms with Crippen LogP contribution in [0.15, 0.2) is 14.7 Å². The van der Waals surface area contributed by atoms with Gasteiger partial charge in [0.25, 0.3) is 0 Å². The standard InChI is InChI=1S/C7H8BrNO2S2/c8-7-3-6-5(12-7)4-9-1-2-13(6,10)11/h3,9H,1-2,4H2. The molecule has 0 radical (unpaired) electrons. The third-order valence-electron chi connectivity index (χ3n) is 1.91. The van der Waals surface area contributed by atoms with Crippen molar-refractivity contribution < 1.29 is 8.42 Å². The fraction of sp³-hybridized carbons (Fsp3) is 0.429. The smallest absolute Gasteiger partial charge is 0.180 e. The van der Waals surface area contributed by atoms with E-state index in [0.717, 1.165) is 8.66 Å². The summed E-state index contributed by atoms with van der Waals surface area (Å²) in [6.45, 7) is 1.20. The second kappa shape index (κ2) is 3.34. The number of thiophene rings is 1. The van der Waals surface area contributed by atoms with Crippen molar-refractivity contribution >= 4 is 37.1 Å². The summed E-state index contributed by atoms with van der Waals surface area (Å²) in [5, 5.41) is 3.08. The second-order valence-corrected chi connectivity index (χ2v) is 7.43. The van der Waals surface area contributed by atoms with Crippen molar-refractivity contribution in [3.63, 3.8) is 0 Å². The third-order valence-corrected chi connectivity index (χ3v) is 5.45. The average Bonchev–Trinajstić information content (AvgIpc) is 2.36. The van der Waals surface area contributed by atoms with Crippen LogP contribution in [0.5, 0.6) is 0 Å². The van der Waals surface area contributed by atoms with Crippen LogP contribution in [-0.4, -0.2) is 20.7 Å². The van der Waals surface area contributed by atoms with Gasteiger partial charge in [0, 0.05) is 18.0 Å². The molecule has 72 valence electrons. The topological polar surface area (TPSA) is 46.2 Å². The van der Waals surface area contributed by atoms with Gasteiger partial charge in [-0.15, -0.1) is 11.3 Å². The van der Waals surface area contributed by atoms with Crippen LogP contribution < -0.4 is 5.32 Å². The van der Waals surface area contributed by atoms with Gasteiger partial charge in [0.2, 0.25) is 0 Å². The zero-order valence-corrected chi connectivity index (χ0v) is 9.93. The molecule has 0 spiro atoms. The van der Waals surface area contributed by atoms with Crippen molar-refractivity contribution in [2.45, 2.75) is 11.4 Å². The van der Waals surface area contributed by atoms with E-state index in [1.807, 2.05) is 0 Å². The van der Waals surface area contributed by atoms with Gasteiger partial charge in [-0.1, -0.05) is 0 Å². The molecule has 1 aliphatic heterocycles. The molecule has 6 heteroatoms. The second-order valence-electron chi connectivity index (χ2n) is 2.83. The third kappa shape index (κ3) is 1.81. The van der Waals surface area contributed by atoms with Crippen LogP contribution in [0.1, 0.15) is 4.88 Å². The molecule has 0 saturated carbocycles. The van der Waals surface area contributed by atoms with E-state index >= 15 is 0 Å². The van der Waals surface area contributed by atoms with Crippen LogP contribution in [0.3, 0.4) is 0 Å². The van der Waals surface area contributed by atoms with Crippen molar-refractivity contribution in [2.24, 2.45) is 0 Å². The molecule has 0 aromatic carbocycles. The van der Waals surface area contributed by atoms with Crippen LogP contribution in [0, 0.1) is 0 Å². The Hall–Kier alpha value is 0.0900. The minimum atomic E-state index is -3.04. The summed E-state index contributed by atoms with van der Waals surface area (Å²) in [4.78, 5) is 1.40. The Morgan fingerprint density at radius 3 is 3.08 bits per heavy atom. The monoisotopic (exact) mass is 281 g/mol. The largest absolute Gasteiger partial charge is 0.311 e. The lowest BCUT2D eigenvalue weighted by Crippen LogP contribution is -2.17. The zero-order valence-electron chi connectivity index (χ0n) is 6.71. The molecule has 1 aromatic rings. The zero-order chi connectivity index (χ0) is 9.47. The van der Waals surface area contributed by atoms with Gasteiger partial charge in [0.1, 0.15) is 0 Å². The Bertz CT molecular complexity index is 424. The molecular formula is C7H8BrNO2S2. The number of nitrogens with one attached hydrogen (secondary N) is 1. The summed E-state index contributed by atoms with van der Waals surface area (Å²) < 4.78 is 24.2. The van der Waals surface area contributed by atoms with Crippen molar-refractivity contribution in [3.05, 3.63) is 14.7 Å². The Kier molecular flexibility index (Phi) is 2.48. The molecule has 1 N–H and O–H groups in total.